The van der Waals surface area contributed by atoms with Crippen LogP contribution < -0.4 is 5.32 Å². The summed E-state index contributed by atoms with van der Waals surface area (Å²) in [6.45, 7) is 1.59. The van der Waals surface area contributed by atoms with Crippen LogP contribution in [0.4, 0.5) is 10.5 Å². The highest BCUT2D eigenvalue weighted by Gasteiger charge is 2.40. The number of hydrogen-bond donors (Lipinski definition) is 1. The first-order chi connectivity index (χ1) is 17.3. The van der Waals surface area contributed by atoms with Gasteiger partial charge in [-0.25, -0.2) is 4.79 Å². The number of amides is 2. The number of nitrogens with zero attached hydrogens (tertiary/aromatic N) is 3. The Morgan fingerprint density at radius 3 is 2.53 bits per heavy atom. The van der Waals surface area contributed by atoms with E-state index in [9.17, 15) is 24.5 Å². The summed E-state index contributed by atoms with van der Waals surface area (Å²) < 4.78 is 5.22. The number of thioether (sulfide) groups is 1. The van der Waals surface area contributed by atoms with Crippen LogP contribution in [0, 0.1) is 10.1 Å². The maximum absolute atomic E-state index is 13.2. The van der Waals surface area contributed by atoms with Crippen LogP contribution >= 0.6 is 11.8 Å². The normalized spacial score (nSPS) is 21.8. The van der Waals surface area contributed by atoms with Gasteiger partial charge in [0.2, 0.25) is 11.0 Å². The molecule has 10 nitrogen and oxygen atoms in total. The zero-order valence-corrected chi connectivity index (χ0v) is 20.7. The van der Waals surface area contributed by atoms with Gasteiger partial charge in [-0.1, -0.05) is 42.1 Å². The molecule has 0 unspecified atom stereocenters. The highest BCUT2D eigenvalue weighted by Crippen LogP contribution is 2.30. The van der Waals surface area contributed by atoms with Gasteiger partial charge in [0.05, 0.1) is 17.0 Å². The van der Waals surface area contributed by atoms with Gasteiger partial charge in [-0.3, -0.25) is 24.6 Å². The zero-order valence-electron chi connectivity index (χ0n) is 19.9. The Hall–Kier alpha value is -3.44. The number of non-ortho nitro benzene ring substituents is 1. The number of benzene rings is 2. The number of hydrogen-bond acceptors (Lipinski definition) is 8. The fraction of sp³-hybridized carbons (Fsp3) is 0.400. The van der Waals surface area contributed by atoms with E-state index in [4.69, 9.17) is 4.74 Å². The number of nitro benzene ring substituents is 1. The lowest BCUT2D eigenvalue weighted by atomic mass is 10.2. The monoisotopic (exact) mass is 512 g/mol. The molecule has 2 heterocycles. The van der Waals surface area contributed by atoms with E-state index in [1.54, 1.807) is 29.2 Å². The van der Waals surface area contributed by atoms with E-state index in [2.05, 4.69) is 5.32 Å². The third kappa shape index (κ3) is 6.41. The van der Waals surface area contributed by atoms with E-state index in [0.29, 0.717) is 43.6 Å². The molecule has 0 bridgehead atoms. The standard InChI is InChI=1S/C25H28N4O6S/c1-27-15-21(36-24(31)18-5-3-2-4-6-18)13-22(27)23(30)28-12-11-19(14-28)26-25(32)35-16-17-7-9-20(10-8-17)29(33)34/h2-10,19,21-22H,11-16H2,1H3,(H,26,32)/t19-,21+,22+/m1/s1. The van der Waals surface area contributed by atoms with E-state index in [1.165, 1.54) is 23.9 Å². The number of rotatable bonds is 7. The number of nitro groups is 1. The highest BCUT2D eigenvalue weighted by molar-refractivity contribution is 8.14. The van der Waals surface area contributed by atoms with Crippen molar-refractivity contribution >= 4 is 34.6 Å². The molecule has 4 rings (SSSR count). The summed E-state index contributed by atoms with van der Waals surface area (Å²) in [5.74, 6) is 0.0105. The average molecular weight is 513 g/mol. The molecule has 0 aromatic heterocycles. The molecule has 2 aromatic rings. The number of likely N-dealkylation sites (tertiary alicyclic amines) is 2. The van der Waals surface area contributed by atoms with Crippen molar-refractivity contribution in [3.63, 3.8) is 0 Å². The van der Waals surface area contributed by atoms with Crippen molar-refractivity contribution in [2.24, 2.45) is 0 Å². The fourth-order valence-electron chi connectivity index (χ4n) is 4.48. The number of carbonyl (C=O) groups excluding carboxylic acids is 3. The van der Waals surface area contributed by atoms with Crippen LogP contribution in [-0.4, -0.2) is 75.9 Å². The molecule has 2 saturated heterocycles. The Kier molecular flexibility index (Phi) is 8.21. The van der Waals surface area contributed by atoms with Crippen molar-refractivity contribution in [2.45, 2.75) is 36.8 Å². The first kappa shape index (κ1) is 25.6. The zero-order chi connectivity index (χ0) is 25.7. The Morgan fingerprint density at radius 2 is 1.83 bits per heavy atom. The molecule has 2 aromatic carbocycles. The topological polar surface area (TPSA) is 122 Å². The molecular formula is C25H28N4O6S. The second-order valence-corrected chi connectivity index (χ2v) is 10.3. The molecule has 0 saturated carbocycles. The van der Waals surface area contributed by atoms with Crippen LogP contribution in [-0.2, 0) is 16.1 Å². The van der Waals surface area contributed by atoms with Gasteiger partial charge in [0.15, 0.2) is 0 Å². The predicted octanol–water partition coefficient (Wildman–Crippen LogP) is 3.07. The summed E-state index contributed by atoms with van der Waals surface area (Å²) in [5, 5.41) is 13.6. The largest absolute Gasteiger partial charge is 0.445 e. The van der Waals surface area contributed by atoms with Gasteiger partial charge in [-0.15, -0.1) is 0 Å². The van der Waals surface area contributed by atoms with Gasteiger partial charge in [0.25, 0.3) is 5.69 Å². The van der Waals surface area contributed by atoms with E-state index in [1.807, 2.05) is 30.1 Å². The molecule has 36 heavy (non-hydrogen) atoms. The smallest absolute Gasteiger partial charge is 0.407 e. The summed E-state index contributed by atoms with van der Waals surface area (Å²) >= 11 is 1.28. The first-order valence-electron chi connectivity index (χ1n) is 11.7. The van der Waals surface area contributed by atoms with Crippen molar-refractivity contribution in [3.05, 3.63) is 75.8 Å². The molecule has 0 spiro atoms. The molecule has 0 aliphatic carbocycles. The van der Waals surface area contributed by atoms with Crippen molar-refractivity contribution in [3.8, 4) is 0 Å². The molecule has 11 heteroatoms. The van der Waals surface area contributed by atoms with Crippen LogP contribution in [0.2, 0.25) is 0 Å². The molecule has 190 valence electrons. The second kappa shape index (κ2) is 11.5. The van der Waals surface area contributed by atoms with Gasteiger partial charge in [0.1, 0.15) is 6.61 Å². The van der Waals surface area contributed by atoms with E-state index >= 15 is 0 Å². The number of likely N-dealkylation sites (N-methyl/N-ethyl adjacent to an activating group) is 1. The lowest BCUT2D eigenvalue weighted by molar-refractivity contribution is -0.384. The molecule has 2 aliphatic rings. The summed E-state index contributed by atoms with van der Waals surface area (Å²) in [4.78, 5) is 51.9. The third-order valence-electron chi connectivity index (χ3n) is 6.42. The Balaban J connectivity index is 1.21. The van der Waals surface area contributed by atoms with Crippen molar-refractivity contribution < 1.29 is 24.0 Å². The highest BCUT2D eigenvalue weighted by atomic mass is 32.2. The maximum atomic E-state index is 13.2. The SMILES string of the molecule is CN1C[C@@H](SC(=O)c2ccccc2)C[C@H]1C(=O)N1CC[C@@H](NC(=O)OCc2ccc([N+](=O)[O-])cc2)C1. The molecule has 3 atom stereocenters. The quantitative estimate of drug-likeness (QED) is 0.444. The molecular weight excluding hydrogens is 484 g/mol. The van der Waals surface area contributed by atoms with Gasteiger partial charge in [-0.2, -0.15) is 0 Å². The minimum absolute atomic E-state index is 0.00713. The minimum atomic E-state index is -0.596. The van der Waals surface area contributed by atoms with Gasteiger partial charge in [-0.05, 0) is 37.6 Å². The minimum Gasteiger partial charge on any atom is -0.445 e. The fourth-order valence-corrected chi connectivity index (χ4v) is 5.64. The van der Waals surface area contributed by atoms with Crippen molar-refractivity contribution in [1.82, 2.24) is 15.1 Å². The number of ether oxygens (including phenoxy) is 1. The Labute approximate surface area is 213 Å². The molecule has 2 aliphatic heterocycles. The van der Waals surface area contributed by atoms with Crippen LogP contribution in [0.3, 0.4) is 0 Å². The Morgan fingerprint density at radius 1 is 1.11 bits per heavy atom. The number of carbonyl (C=O) groups is 3. The van der Waals surface area contributed by atoms with Crippen LogP contribution in [0.5, 0.6) is 0 Å². The lowest BCUT2D eigenvalue weighted by Crippen LogP contribution is -2.45. The van der Waals surface area contributed by atoms with Gasteiger partial charge in [0, 0.05) is 42.6 Å². The van der Waals surface area contributed by atoms with E-state index in [-0.39, 0.29) is 40.7 Å². The number of alkyl carbamates (subject to hydrolysis) is 1. The molecule has 1 N–H and O–H groups in total. The van der Waals surface area contributed by atoms with E-state index < -0.39 is 11.0 Å². The predicted molar refractivity (Wildman–Crippen MR) is 135 cm³/mol. The van der Waals surface area contributed by atoms with Gasteiger partial charge < -0.3 is 15.0 Å². The summed E-state index contributed by atoms with van der Waals surface area (Å²) in [7, 11) is 1.90. The third-order valence-corrected chi connectivity index (χ3v) is 7.54. The average Bonchev–Trinajstić information content (AvgIpc) is 3.49. The molecule has 2 amide bonds. The Bertz CT molecular complexity index is 1110. The summed E-state index contributed by atoms with van der Waals surface area (Å²) in [6.07, 6.45) is 0.630. The van der Waals surface area contributed by atoms with Crippen LogP contribution in [0.1, 0.15) is 28.8 Å². The molecule has 2 fully saturated rings. The van der Waals surface area contributed by atoms with Crippen LogP contribution in [0.15, 0.2) is 54.6 Å². The first-order valence-corrected chi connectivity index (χ1v) is 12.6. The maximum Gasteiger partial charge on any atom is 0.407 e. The van der Waals surface area contributed by atoms with Crippen molar-refractivity contribution in [2.75, 3.05) is 26.7 Å². The summed E-state index contributed by atoms with van der Waals surface area (Å²) in [5.41, 5.74) is 1.27. The van der Waals surface area contributed by atoms with Gasteiger partial charge >= 0.3 is 6.09 Å². The second-order valence-electron chi connectivity index (χ2n) is 9.00. The van der Waals surface area contributed by atoms with Crippen LogP contribution in [0.25, 0.3) is 0 Å². The van der Waals surface area contributed by atoms with Crippen molar-refractivity contribution in [1.29, 1.82) is 0 Å². The molecule has 0 radical (unpaired) electrons. The van der Waals surface area contributed by atoms with E-state index in [0.717, 1.165) is 0 Å². The summed E-state index contributed by atoms with van der Waals surface area (Å²) in [6, 6.07) is 14.4. The number of nitrogens with one attached hydrogen (secondary N) is 1. The lowest BCUT2D eigenvalue weighted by Gasteiger charge is -2.25.